The van der Waals surface area contributed by atoms with Crippen LogP contribution in [-0.2, 0) is 7.05 Å². The second-order valence-corrected chi connectivity index (χ2v) is 4.46. The average molecular weight is 286 g/mol. The number of halogens is 1. The number of pyridine rings is 1. The molecule has 106 valence electrons. The van der Waals surface area contributed by atoms with E-state index < -0.39 is 11.8 Å². The monoisotopic (exact) mass is 286 g/mol. The number of benzene rings is 1. The van der Waals surface area contributed by atoms with E-state index in [9.17, 15) is 14.3 Å². The van der Waals surface area contributed by atoms with Gasteiger partial charge in [0.2, 0.25) is 0 Å². The number of carbonyl (C=O) groups is 1. The smallest absolute Gasteiger partial charge is 0.339 e. The third-order valence-corrected chi connectivity index (χ3v) is 3.13. The highest BCUT2D eigenvalue weighted by molar-refractivity contribution is 6.04. The van der Waals surface area contributed by atoms with E-state index in [-0.39, 0.29) is 16.9 Å². The van der Waals surface area contributed by atoms with Crippen molar-refractivity contribution in [3.05, 3.63) is 48.0 Å². The summed E-state index contributed by atoms with van der Waals surface area (Å²) in [5, 5.41) is 16.7. The molecule has 0 saturated heterocycles. The lowest BCUT2D eigenvalue weighted by atomic mass is 10.1. The maximum absolute atomic E-state index is 13.8. The quantitative estimate of drug-likeness (QED) is 0.773. The fourth-order valence-corrected chi connectivity index (χ4v) is 2.09. The van der Waals surface area contributed by atoms with E-state index in [1.807, 2.05) is 0 Å². The average Bonchev–Trinajstić information content (AvgIpc) is 2.83. The molecule has 2 aromatic heterocycles. The molecule has 0 fully saturated rings. The molecule has 7 heteroatoms. The van der Waals surface area contributed by atoms with E-state index in [1.165, 1.54) is 29.2 Å². The maximum atomic E-state index is 13.8. The molecular weight excluding hydrogens is 275 g/mol. The summed E-state index contributed by atoms with van der Waals surface area (Å²) in [5.74, 6) is -1.62. The number of anilines is 2. The van der Waals surface area contributed by atoms with Gasteiger partial charge in [-0.3, -0.25) is 4.68 Å². The second-order valence-electron chi connectivity index (χ2n) is 4.46. The molecule has 0 atom stereocenters. The number of aryl methyl sites for hydroxylation is 1. The summed E-state index contributed by atoms with van der Waals surface area (Å²) >= 11 is 0. The minimum atomic E-state index is -1.15. The molecule has 1 aromatic carbocycles. The van der Waals surface area contributed by atoms with Crippen LogP contribution in [-0.4, -0.2) is 25.8 Å². The van der Waals surface area contributed by atoms with Gasteiger partial charge in [-0.25, -0.2) is 14.2 Å². The van der Waals surface area contributed by atoms with E-state index in [4.69, 9.17) is 0 Å². The molecule has 0 unspecified atom stereocenters. The van der Waals surface area contributed by atoms with Crippen LogP contribution >= 0.6 is 0 Å². The SMILES string of the molecule is Cn1ncc2c(Nc3ccccc3F)c(C(=O)O)cnc21. The molecular formula is C14H11FN4O2. The number of aromatic nitrogens is 3. The lowest BCUT2D eigenvalue weighted by molar-refractivity contribution is 0.0697. The normalized spacial score (nSPS) is 10.8. The highest BCUT2D eigenvalue weighted by atomic mass is 19.1. The second kappa shape index (κ2) is 4.86. The molecule has 3 rings (SSSR count). The number of para-hydroxylation sites is 1. The molecule has 0 radical (unpaired) electrons. The first kappa shape index (κ1) is 13.0. The lowest BCUT2D eigenvalue weighted by Crippen LogP contribution is -2.05. The topological polar surface area (TPSA) is 80.0 Å². The molecule has 0 bridgehead atoms. The van der Waals surface area contributed by atoms with E-state index >= 15 is 0 Å². The van der Waals surface area contributed by atoms with Crippen molar-refractivity contribution in [3.63, 3.8) is 0 Å². The molecule has 0 aliphatic heterocycles. The van der Waals surface area contributed by atoms with Crippen LogP contribution in [0.2, 0.25) is 0 Å². The van der Waals surface area contributed by atoms with Crippen molar-refractivity contribution in [1.82, 2.24) is 14.8 Å². The summed E-state index contributed by atoms with van der Waals surface area (Å²) in [4.78, 5) is 15.4. The van der Waals surface area contributed by atoms with Crippen LogP contribution in [0.4, 0.5) is 15.8 Å². The largest absolute Gasteiger partial charge is 0.478 e. The van der Waals surface area contributed by atoms with Gasteiger partial charge in [0.1, 0.15) is 11.4 Å². The van der Waals surface area contributed by atoms with Gasteiger partial charge >= 0.3 is 5.97 Å². The molecule has 0 aliphatic carbocycles. The summed E-state index contributed by atoms with van der Waals surface area (Å²) in [5.41, 5.74) is 0.930. The summed E-state index contributed by atoms with van der Waals surface area (Å²) in [6.45, 7) is 0. The summed E-state index contributed by atoms with van der Waals surface area (Å²) < 4.78 is 15.3. The molecule has 0 amide bonds. The number of carboxylic acid groups (broad SMARTS) is 1. The van der Waals surface area contributed by atoms with Gasteiger partial charge in [0.05, 0.1) is 23.0 Å². The van der Waals surface area contributed by atoms with Crippen molar-refractivity contribution in [1.29, 1.82) is 0 Å². The number of nitrogens with one attached hydrogen (secondary N) is 1. The van der Waals surface area contributed by atoms with Gasteiger partial charge in [0.15, 0.2) is 5.65 Å². The third-order valence-electron chi connectivity index (χ3n) is 3.13. The first-order chi connectivity index (χ1) is 10.1. The number of nitrogens with zero attached hydrogens (tertiary/aromatic N) is 3. The molecule has 2 heterocycles. The van der Waals surface area contributed by atoms with E-state index in [0.29, 0.717) is 11.0 Å². The van der Waals surface area contributed by atoms with Gasteiger partial charge in [-0.05, 0) is 12.1 Å². The Morgan fingerprint density at radius 3 is 2.81 bits per heavy atom. The van der Waals surface area contributed by atoms with Crippen molar-refractivity contribution in [3.8, 4) is 0 Å². The number of hydrogen-bond acceptors (Lipinski definition) is 4. The van der Waals surface area contributed by atoms with Gasteiger partial charge < -0.3 is 10.4 Å². The standard InChI is InChI=1S/C14H11FN4O2/c1-19-13-8(7-17-19)12(9(6-16-13)14(20)21)18-11-5-3-2-4-10(11)15/h2-7H,1H3,(H,16,18)(H,20,21). The first-order valence-corrected chi connectivity index (χ1v) is 6.13. The summed E-state index contributed by atoms with van der Waals surface area (Å²) in [6.07, 6.45) is 2.73. The zero-order valence-corrected chi connectivity index (χ0v) is 11.0. The van der Waals surface area contributed by atoms with Crippen LogP contribution in [0.5, 0.6) is 0 Å². The predicted molar refractivity (Wildman–Crippen MR) is 75.2 cm³/mol. The van der Waals surface area contributed by atoms with Gasteiger partial charge in [-0.15, -0.1) is 0 Å². The molecule has 0 saturated carbocycles. The van der Waals surface area contributed by atoms with Crippen molar-refractivity contribution >= 4 is 28.4 Å². The Hall–Kier alpha value is -2.96. The zero-order valence-electron chi connectivity index (χ0n) is 11.0. The number of hydrogen-bond donors (Lipinski definition) is 2. The van der Waals surface area contributed by atoms with Crippen LogP contribution in [0, 0.1) is 5.82 Å². The lowest BCUT2D eigenvalue weighted by Gasteiger charge is -2.11. The third kappa shape index (κ3) is 2.18. The number of carboxylic acids is 1. The van der Waals surface area contributed by atoms with Gasteiger partial charge in [-0.2, -0.15) is 5.10 Å². The Bertz CT molecular complexity index is 844. The van der Waals surface area contributed by atoms with Crippen molar-refractivity contribution in [2.45, 2.75) is 0 Å². The predicted octanol–water partition coefficient (Wildman–Crippen LogP) is 2.55. The summed E-state index contributed by atoms with van der Waals surface area (Å²) in [7, 11) is 1.70. The number of aromatic carboxylic acids is 1. The fourth-order valence-electron chi connectivity index (χ4n) is 2.09. The van der Waals surface area contributed by atoms with Crippen LogP contribution in [0.25, 0.3) is 11.0 Å². The Labute approximate surface area is 118 Å². The van der Waals surface area contributed by atoms with Crippen molar-refractivity contribution in [2.75, 3.05) is 5.32 Å². The molecule has 2 N–H and O–H groups in total. The van der Waals surface area contributed by atoms with Crippen LogP contribution in [0.1, 0.15) is 10.4 Å². The Balaban J connectivity index is 2.21. The minimum Gasteiger partial charge on any atom is -0.478 e. The Morgan fingerprint density at radius 1 is 1.33 bits per heavy atom. The molecule has 6 nitrogen and oxygen atoms in total. The van der Waals surface area contributed by atoms with Gasteiger partial charge in [-0.1, -0.05) is 12.1 Å². The molecule has 3 aromatic rings. The fraction of sp³-hybridized carbons (Fsp3) is 0.0714. The van der Waals surface area contributed by atoms with Gasteiger partial charge in [0.25, 0.3) is 0 Å². The Morgan fingerprint density at radius 2 is 2.10 bits per heavy atom. The number of rotatable bonds is 3. The zero-order chi connectivity index (χ0) is 15.0. The molecule has 0 aliphatic rings. The highest BCUT2D eigenvalue weighted by Crippen LogP contribution is 2.29. The van der Waals surface area contributed by atoms with Crippen LogP contribution in [0.15, 0.2) is 36.7 Å². The van der Waals surface area contributed by atoms with Crippen LogP contribution < -0.4 is 5.32 Å². The number of fused-ring (bicyclic) bond motifs is 1. The molecule has 0 spiro atoms. The van der Waals surface area contributed by atoms with E-state index in [1.54, 1.807) is 19.2 Å². The first-order valence-electron chi connectivity index (χ1n) is 6.13. The van der Waals surface area contributed by atoms with Crippen molar-refractivity contribution < 1.29 is 14.3 Å². The molecule has 21 heavy (non-hydrogen) atoms. The van der Waals surface area contributed by atoms with Gasteiger partial charge in [0, 0.05) is 13.2 Å². The summed E-state index contributed by atoms with van der Waals surface area (Å²) in [6, 6.07) is 6.05. The minimum absolute atomic E-state index is 0.0428. The van der Waals surface area contributed by atoms with Crippen molar-refractivity contribution in [2.24, 2.45) is 7.05 Å². The van der Waals surface area contributed by atoms with Crippen LogP contribution in [0.3, 0.4) is 0 Å². The van der Waals surface area contributed by atoms with E-state index in [0.717, 1.165) is 0 Å². The van der Waals surface area contributed by atoms with E-state index in [2.05, 4.69) is 15.4 Å². The Kier molecular flexibility index (Phi) is 3.02. The highest BCUT2D eigenvalue weighted by Gasteiger charge is 2.17. The maximum Gasteiger partial charge on any atom is 0.339 e.